The number of halogens is 3. The predicted octanol–water partition coefficient (Wildman–Crippen LogP) is 3.04. The monoisotopic (exact) mass is 255 g/mol. The van der Waals surface area contributed by atoms with E-state index in [9.17, 15) is 18.0 Å². The van der Waals surface area contributed by atoms with E-state index < -0.39 is 17.8 Å². The molecular weight excluding hydrogens is 247 g/mol. The predicted molar refractivity (Wildman–Crippen MR) is 58.1 cm³/mol. The van der Waals surface area contributed by atoms with Crippen molar-refractivity contribution in [3.8, 4) is 0 Å². The van der Waals surface area contributed by atoms with Crippen LogP contribution in [0.4, 0.5) is 13.2 Å². The molecule has 0 unspecified atom stereocenters. The van der Waals surface area contributed by atoms with Gasteiger partial charge >= 0.3 is 12.1 Å². The molecule has 0 bridgehead atoms. The number of carbonyl (C=O) groups excluding carboxylic acids is 1. The molecule has 0 saturated carbocycles. The third kappa shape index (κ3) is 2.27. The van der Waals surface area contributed by atoms with Gasteiger partial charge in [-0.15, -0.1) is 0 Å². The van der Waals surface area contributed by atoms with E-state index >= 15 is 0 Å². The Kier molecular flexibility index (Phi) is 2.94. The molecule has 0 aliphatic carbocycles. The van der Waals surface area contributed by atoms with Crippen LogP contribution in [0.5, 0.6) is 0 Å². The van der Waals surface area contributed by atoms with Gasteiger partial charge in [0.15, 0.2) is 0 Å². The van der Waals surface area contributed by atoms with Gasteiger partial charge in [-0.05, 0) is 18.2 Å². The largest absolute Gasteiger partial charge is 0.465 e. The van der Waals surface area contributed by atoms with E-state index in [-0.39, 0.29) is 11.1 Å². The molecule has 6 heteroatoms. The van der Waals surface area contributed by atoms with Gasteiger partial charge in [-0.2, -0.15) is 13.2 Å². The Morgan fingerprint density at radius 3 is 2.50 bits per heavy atom. The van der Waals surface area contributed by atoms with Gasteiger partial charge in [-0.25, -0.2) is 9.78 Å². The smallest absolute Gasteiger partial charge is 0.433 e. The molecule has 3 nitrogen and oxygen atoms in total. The van der Waals surface area contributed by atoms with Gasteiger partial charge in [0.2, 0.25) is 0 Å². The van der Waals surface area contributed by atoms with Gasteiger partial charge in [0.25, 0.3) is 0 Å². The number of pyridine rings is 1. The van der Waals surface area contributed by atoms with E-state index in [1.54, 1.807) is 0 Å². The van der Waals surface area contributed by atoms with Crippen LogP contribution in [0.15, 0.2) is 30.3 Å². The third-order valence-corrected chi connectivity index (χ3v) is 2.40. The fourth-order valence-corrected chi connectivity index (χ4v) is 1.52. The number of methoxy groups -OCH3 is 1. The van der Waals surface area contributed by atoms with Crippen molar-refractivity contribution in [3.05, 3.63) is 41.6 Å². The molecular formula is C12H8F3NO2. The van der Waals surface area contributed by atoms with Crippen LogP contribution >= 0.6 is 0 Å². The van der Waals surface area contributed by atoms with Crippen LogP contribution in [0, 0.1) is 0 Å². The highest BCUT2D eigenvalue weighted by atomic mass is 19.4. The number of aromatic nitrogens is 1. The number of esters is 1. The summed E-state index contributed by atoms with van der Waals surface area (Å²) in [5.41, 5.74) is -0.721. The topological polar surface area (TPSA) is 39.2 Å². The Morgan fingerprint density at radius 2 is 1.89 bits per heavy atom. The van der Waals surface area contributed by atoms with E-state index in [1.807, 2.05) is 0 Å². The maximum absolute atomic E-state index is 12.5. The highest BCUT2D eigenvalue weighted by molar-refractivity contribution is 5.94. The van der Waals surface area contributed by atoms with Crippen LogP contribution in [-0.2, 0) is 10.9 Å². The first-order valence-electron chi connectivity index (χ1n) is 4.98. The average Bonchev–Trinajstić information content (AvgIpc) is 2.35. The molecule has 0 amide bonds. The van der Waals surface area contributed by atoms with E-state index in [0.29, 0.717) is 5.39 Å². The molecule has 0 aliphatic heterocycles. The first-order chi connectivity index (χ1) is 8.41. The number of alkyl halides is 3. The van der Waals surface area contributed by atoms with E-state index in [0.717, 1.165) is 6.07 Å². The van der Waals surface area contributed by atoms with Crippen LogP contribution < -0.4 is 0 Å². The van der Waals surface area contributed by atoms with Crippen molar-refractivity contribution < 1.29 is 22.7 Å². The minimum Gasteiger partial charge on any atom is -0.465 e. The number of hydrogen-bond donors (Lipinski definition) is 0. The lowest BCUT2D eigenvalue weighted by Crippen LogP contribution is -2.08. The van der Waals surface area contributed by atoms with Crippen molar-refractivity contribution in [2.75, 3.05) is 7.11 Å². The van der Waals surface area contributed by atoms with Crippen molar-refractivity contribution in [1.82, 2.24) is 4.98 Å². The molecule has 94 valence electrons. The summed E-state index contributed by atoms with van der Waals surface area (Å²) in [6.07, 6.45) is -4.50. The summed E-state index contributed by atoms with van der Waals surface area (Å²) in [6, 6.07) is 6.49. The molecule has 0 atom stereocenters. The summed E-state index contributed by atoms with van der Waals surface area (Å²) in [4.78, 5) is 14.8. The van der Waals surface area contributed by atoms with Crippen LogP contribution in [0.1, 0.15) is 16.1 Å². The Hall–Kier alpha value is -2.11. The Balaban J connectivity index is 2.57. The molecule has 1 heterocycles. The third-order valence-electron chi connectivity index (χ3n) is 2.40. The zero-order valence-electron chi connectivity index (χ0n) is 9.28. The van der Waals surface area contributed by atoms with E-state index in [1.165, 1.54) is 31.4 Å². The molecule has 18 heavy (non-hydrogen) atoms. The van der Waals surface area contributed by atoms with Crippen molar-refractivity contribution in [3.63, 3.8) is 0 Å². The number of carbonyl (C=O) groups is 1. The van der Waals surface area contributed by atoms with Crippen LogP contribution in [-0.4, -0.2) is 18.1 Å². The second kappa shape index (κ2) is 4.29. The number of nitrogens with zero attached hydrogens (tertiary/aromatic N) is 1. The Labute approximate surface area is 100 Å². The fourth-order valence-electron chi connectivity index (χ4n) is 1.52. The van der Waals surface area contributed by atoms with Crippen LogP contribution in [0.25, 0.3) is 10.9 Å². The van der Waals surface area contributed by atoms with Gasteiger partial charge in [0.05, 0.1) is 18.2 Å². The molecule has 0 N–H and O–H groups in total. The molecule has 0 fully saturated rings. The summed E-state index contributed by atoms with van der Waals surface area (Å²) >= 11 is 0. The van der Waals surface area contributed by atoms with Crippen molar-refractivity contribution in [1.29, 1.82) is 0 Å². The highest BCUT2D eigenvalue weighted by Crippen LogP contribution is 2.29. The highest BCUT2D eigenvalue weighted by Gasteiger charge is 2.32. The summed E-state index contributed by atoms with van der Waals surface area (Å²) in [6.45, 7) is 0. The standard InChI is InChI=1S/C12H8F3NO2/c1-18-11(17)8-3-2-7-4-5-10(12(13,14)15)16-9(7)6-8/h2-6H,1H3. The average molecular weight is 255 g/mol. The number of rotatable bonds is 1. The molecule has 1 aromatic heterocycles. The second-order valence-electron chi connectivity index (χ2n) is 3.59. The summed E-state index contributed by atoms with van der Waals surface area (Å²) < 4.78 is 42.0. The van der Waals surface area contributed by atoms with Gasteiger partial charge in [-0.3, -0.25) is 0 Å². The minimum absolute atomic E-state index is 0.104. The SMILES string of the molecule is COC(=O)c1ccc2ccc(C(F)(F)F)nc2c1. The van der Waals surface area contributed by atoms with E-state index in [4.69, 9.17) is 0 Å². The van der Waals surface area contributed by atoms with Gasteiger partial charge in [0.1, 0.15) is 5.69 Å². The molecule has 0 aliphatic rings. The first kappa shape index (κ1) is 12.3. The minimum atomic E-state index is -4.50. The van der Waals surface area contributed by atoms with Crippen molar-refractivity contribution >= 4 is 16.9 Å². The van der Waals surface area contributed by atoms with Gasteiger partial charge in [0, 0.05) is 5.39 Å². The number of hydrogen-bond acceptors (Lipinski definition) is 3. The zero-order chi connectivity index (χ0) is 13.3. The zero-order valence-corrected chi connectivity index (χ0v) is 9.28. The van der Waals surface area contributed by atoms with Gasteiger partial charge < -0.3 is 4.74 Å². The molecule has 1 aromatic carbocycles. The maximum Gasteiger partial charge on any atom is 0.433 e. The van der Waals surface area contributed by atoms with Crippen LogP contribution in [0.3, 0.4) is 0 Å². The summed E-state index contributed by atoms with van der Waals surface area (Å²) in [5, 5.41) is 0.524. The number of fused-ring (bicyclic) bond motifs is 1. The van der Waals surface area contributed by atoms with Crippen molar-refractivity contribution in [2.45, 2.75) is 6.18 Å². The number of ether oxygens (including phenoxy) is 1. The summed E-state index contributed by atoms with van der Waals surface area (Å²) in [5.74, 6) is -0.615. The lowest BCUT2D eigenvalue weighted by molar-refractivity contribution is -0.140. The lowest BCUT2D eigenvalue weighted by atomic mass is 10.1. The Bertz CT molecular complexity index is 608. The second-order valence-corrected chi connectivity index (χ2v) is 3.59. The molecule has 2 rings (SSSR count). The first-order valence-corrected chi connectivity index (χ1v) is 4.98. The quantitative estimate of drug-likeness (QED) is 0.735. The molecule has 2 aromatic rings. The fraction of sp³-hybridized carbons (Fsp3) is 0.167. The lowest BCUT2D eigenvalue weighted by Gasteiger charge is -2.07. The normalized spacial score (nSPS) is 11.6. The van der Waals surface area contributed by atoms with E-state index in [2.05, 4.69) is 9.72 Å². The summed E-state index contributed by atoms with van der Waals surface area (Å²) in [7, 11) is 1.20. The molecule has 0 saturated heterocycles. The molecule has 0 spiro atoms. The van der Waals surface area contributed by atoms with Crippen molar-refractivity contribution in [2.24, 2.45) is 0 Å². The number of benzene rings is 1. The van der Waals surface area contributed by atoms with Crippen LogP contribution in [0.2, 0.25) is 0 Å². The molecule has 0 radical (unpaired) electrons. The van der Waals surface area contributed by atoms with Gasteiger partial charge in [-0.1, -0.05) is 12.1 Å². The Morgan fingerprint density at radius 1 is 1.22 bits per heavy atom. The maximum atomic E-state index is 12.5.